The Bertz CT molecular complexity index is 465. The average Bonchev–Trinajstić information content (AvgIpc) is 2.55. The minimum Gasteiger partial charge on any atom is -0.481 e. The van der Waals surface area contributed by atoms with E-state index >= 15 is 0 Å². The molecule has 0 bridgehead atoms. The molecule has 0 aromatic carbocycles. The van der Waals surface area contributed by atoms with E-state index < -0.39 is 11.4 Å². The number of hydrogen-bond acceptors (Lipinski definition) is 3. The lowest BCUT2D eigenvalue weighted by atomic mass is 9.75. The third kappa shape index (κ3) is 2.17. The van der Waals surface area contributed by atoms with Gasteiger partial charge in [0, 0.05) is 20.0 Å². The largest absolute Gasteiger partial charge is 0.481 e. The first-order valence-corrected chi connectivity index (χ1v) is 6.41. The van der Waals surface area contributed by atoms with Crippen molar-refractivity contribution in [3.8, 4) is 0 Å². The number of amides is 1. The summed E-state index contributed by atoms with van der Waals surface area (Å²) in [6.07, 6.45) is 0.383. The van der Waals surface area contributed by atoms with Crippen molar-refractivity contribution in [1.29, 1.82) is 0 Å². The highest BCUT2D eigenvalue weighted by atomic mass is 35.5. The Morgan fingerprint density at radius 3 is 2.65 bits per heavy atom. The van der Waals surface area contributed by atoms with Gasteiger partial charge in [0.1, 0.15) is 5.41 Å². The topological polar surface area (TPSA) is 57.6 Å². The lowest BCUT2D eigenvalue weighted by Gasteiger charge is -2.46. The summed E-state index contributed by atoms with van der Waals surface area (Å²) in [7, 11) is 0. The molecule has 1 aliphatic heterocycles. The maximum Gasteiger partial charge on any atom is 0.313 e. The standard InChI is InChI=1S/C11H12ClNO3S/c1-7(14)13-5-11(6-13,10(15)16)4-8-2-3-17-9(8)12/h2-3H,4-6H2,1H3,(H,15,16). The first-order chi connectivity index (χ1) is 7.94. The second-order valence-electron chi connectivity index (χ2n) is 4.36. The molecule has 1 fully saturated rings. The number of carbonyl (C=O) groups excluding carboxylic acids is 1. The van der Waals surface area contributed by atoms with Gasteiger partial charge in [-0.05, 0) is 23.4 Å². The van der Waals surface area contributed by atoms with Crippen molar-refractivity contribution in [2.75, 3.05) is 13.1 Å². The van der Waals surface area contributed by atoms with Gasteiger partial charge in [-0.1, -0.05) is 11.6 Å². The van der Waals surface area contributed by atoms with Gasteiger partial charge in [0.15, 0.2) is 0 Å². The Kier molecular flexibility index (Phi) is 3.14. The first-order valence-electron chi connectivity index (χ1n) is 5.15. The van der Waals surface area contributed by atoms with Gasteiger partial charge < -0.3 is 10.0 Å². The molecule has 0 saturated carbocycles. The van der Waals surface area contributed by atoms with Crippen LogP contribution in [0.15, 0.2) is 11.4 Å². The maximum absolute atomic E-state index is 11.3. The van der Waals surface area contributed by atoms with Crippen LogP contribution in [0.25, 0.3) is 0 Å². The molecule has 0 aliphatic carbocycles. The van der Waals surface area contributed by atoms with Gasteiger partial charge in [0.05, 0.1) is 4.34 Å². The van der Waals surface area contributed by atoms with Gasteiger partial charge in [0.2, 0.25) is 5.91 Å². The number of rotatable bonds is 3. The van der Waals surface area contributed by atoms with Crippen molar-refractivity contribution in [1.82, 2.24) is 4.90 Å². The second-order valence-corrected chi connectivity index (χ2v) is 5.88. The van der Waals surface area contributed by atoms with E-state index in [0.717, 1.165) is 5.56 Å². The molecule has 4 nitrogen and oxygen atoms in total. The van der Waals surface area contributed by atoms with Crippen LogP contribution in [-0.2, 0) is 16.0 Å². The molecule has 6 heteroatoms. The Morgan fingerprint density at radius 2 is 2.24 bits per heavy atom. The van der Waals surface area contributed by atoms with Gasteiger partial charge in [-0.25, -0.2) is 0 Å². The normalized spacial score (nSPS) is 17.6. The highest BCUT2D eigenvalue weighted by Crippen LogP contribution is 2.37. The van der Waals surface area contributed by atoms with Crippen LogP contribution in [0, 0.1) is 5.41 Å². The monoisotopic (exact) mass is 273 g/mol. The molecule has 0 spiro atoms. The van der Waals surface area contributed by atoms with Crippen LogP contribution < -0.4 is 0 Å². The summed E-state index contributed by atoms with van der Waals surface area (Å²) in [5.74, 6) is -0.949. The van der Waals surface area contributed by atoms with E-state index in [1.807, 2.05) is 11.4 Å². The van der Waals surface area contributed by atoms with Crippen molar-refractivity contribution >= 4 is 34.8 Å². The Hall–Kier alpha value is -1.07. The fourth-order valence-corrected chi connectivity index (χ4v) is 2.97. The van der Waals surface area contributed by atoms with E-state index in [9.17, 15) is 14.7 Å². The number of aliphatic carboxylic acids is 1. The SMILES string of the molecule is CC(=O)N1CC(Cc2ccsc2Cl)(C(=O)O)C1. The van der Waals surface area contributed by atoms with Crippen LogP contribution >= 0.6 is 22.9 Å². The third-order valence-electron chi connectivity index (χ3n) is 3.11. The number of hydrogen-bond donors (Lipinski definition) is 1. The van der Waals surface area contributed by atoms with Gasteiger partial charge >= 0.3 is 5.97 Å². The number of carbonyl (C=O) groups is 2. The number of carboxylic acid groups (broad SMARTS) is 1. The van der Waals surface area contributed by atoms with E-state index in [0.29, 0.717) is 10.8 Å². The Labute approximate surface area is 108 Å². The van der Waals surface area contributed by atoms with Crippen molar-refractivity contribution in [3.63, 3.8) is 0 Å². The molecular formula is C11H12ClNO3S. The fraction of sp³-hybridized carbons (Fsp3) is 0.455. The van der Waals surface area contributed by atoms with E-state index in [1.54, 1.807) is 0 Å². The van der Waals surface area contributed by atoms with Gasteiger partial charge in [-0.15, -0.1) is 11.3 Å². The van der Waals surface area contributed by atoms with Crippen molar-refractivity contribution in [2.45, 2.75) is 13.3 Å². The van der Waals surface area contributed by atoms with Crippen LogP contribution in [0.4, 0.5) is 0 Å². The minimum absolute atomic E-state index is 0.0849. The molecular weight excluding hydrogens is 262 g/mol. The Balaban J connectivity index is 2.14. The van der Waals surface area contributed by atoms with Crippen LogP contribution in [0.5, 0.6) is 0 Å². The summed E-state index contributed by atoms with van der Waals surface area (Å²) in [6, 6.07) is 1.84. The van der Waals surface area contributed by atoms with Crippen LogP contribution in [0.3, 0.4) is 0 Å². The molecule has 1 amide bonds. The summed E-state index contributed by atoms with van der Waals surface area (Å²) in [4.78, 5) is 24.0. The molecule has 1 saturated heterocycles. The molecule has 2 heterocycles. The van der Waals surface area contributed by atoms with Gasteiger partial charge in [-0.3, -0.25) is 9.59 Å². The first kappa shape index (κ1) is 12.4. The van der Waals surface area contributed by atoms with E-state index in [1.165, 1.54) is 23.2 Å². The number of halogens is 1. The number of likely N-dealkylation sites (tertiary alicyclic amines) is 1. The lowest BCUT2D eigenvalue weighted by Crippen LogP contribution is -2.62. The fourth-order valence-electron chi connectivity index (χ4n) is 2.04. The second kappa shape index (κ2) is 4.31. The minimum atomic E-state index is -0.865. The number of thiophene rings is 1. The summed E-state index contributed by atoms with van der Waals surface area (Å²) in [5, 5.41) is 11.1. The summed E-state index contributed by atoms with van der Waals surface area (Å²) in [6.45, 7) is 1.98. The molecule has 2 rings (SSSR count). The molecule has 1 aromatic heterocycles. The maximum atomic E-state index is 11.3. The predicted octanol–water partition coefficient (Wildman–Crippen LogP) is 1.88. The molecule has 0 radical (unpaired) electrons. The van der Waals surface area contributed by atoms with E-state index in [2.05, 4.69) is 0 Å². The number of carboxylic acids is 1. The van der Waals surface area contributed by atoms with E-state index in [4.69, 9.17) is 11.6 Å². The summed E-state index contributed by atoms with van der Waals surface area (Å²) in [5.41, 5.74) is -0.0154. The number of nitrogens with zero attached hydrogens (tertiary/aromatic N) is 1. The quantitative estimate of drug-likeness (QED) is 0.915. The van der Waals surface area contributed by atoms with E-state index in [-0.39, 0.29) is 19.0 Å². The van der Waals surface area contributed by atoms with Crippen molar-refractivity contribution in [2.24, 2.45) is 5.41 Å². The molecule has 0 unspecified atom stereocenters. The molecule has 0 atom stereocenters. The smallest absolute Gasteiger partial charge is 0.313 e. The molecule has 17 heavy (non-hydrogen) atoms. The summed E-state index contributed by atoms with van der Waals surface area (Å²) < 4.78 is 0.631. The lowest BCUT2D eigenvalue weighted by molar-refractivity contribution is -0.165. The summed E-state index contributed by atoms with van der Waals surface area (Å²) >= 11 is 7.37. The highest BCUT2D eigenvalue weighted by Gasteiger charge is 2.50. The molecule has 92 valence electrons. The van der Waals surface area contributed by atoms with Crippen LogP contribution in [-0.4, -0.2) is 35.0 Å². The van der Waals surface area contributed by atoms with Crippen LogP contribution in [0.1, 0.15) is 12.5 Å². The van der Waals surface area contributed by atoms with Crippen molar-refractivity contribution in [3.05, 3.63) is 21.3 Å². The molecule has 1 N–H and O–H groups in total. The molecule has 1 aromatic rings. The van der Waals surface area contributed by atoms with Crippen LogP contribution in [0.2, 0.25) is 4.34 Å². The highest BCUT2D eigenvalue weighted by molar-refractivity contribution is 7.14. The molecule has 1 aliphatic rings. The zero-order chi connectivity index (χ0) is 12.6. The predicted molar refractivity (Wildman–Crippen MR) is 65.4 cm³/mol. The average molecular weight is 274 g/mol. The van der Waals surface area contributed by atoms with Gasteiger partial charge in [0.25, 0.3) is 0 Å². The Morgan fingerprint density at radius 1 is 1.59 bits per heavy atom. The third-order valence-corrected chi connectivity index (χ3v) is 4.36. The van der Waals surface area contributed by atoms with Crippen molar-refractivity contribution < 1.29 is 14.7 Å². The zero-order valence-electron chi connectivity index (χ0n) is 9.27. The zero-order valence-corrected chi connectivity index (χ0v) is 10.8. The van der Waals surface area contributed by atoms with Gasteiger partial charge in [-0.2, -0.15) is 0 Å².